The Labute approximate surface area is 87.9 Å². The van der Waals surface area contributed by atoms with Crippen LogP contribution in [0.2, 0.25) is 0 Å². The van der Waals surface area contributed by atoms with Crippen LogP contribution in [0.3, 0.4) is 0 Å². The number of hydrogen-bond acceptors (Lipinski definition) is 3. The second-order valence-corrected chi connectivity index (χ2v) is 4.05. The minimum atomic E-state index is 0.405. The topological polar surface area (TPSA) is 39.4 Å². The molecule has 0 spiro atoms. The second-order valence-electron chi connectivity index (χ2n) is 4.05. The molecule has 0 aromatic carbocycles. The van der Waals surface area contributed by atoms with Gasteiger partial charge in [0.1, 0.15) is 5.82 Å². The number of aromatic nitrogens is 3. The number of ether oxygens (including phenoxy) is 1. The van der Waals surface area contributed by atoms with E-state index in [2.05, 4.69) is 27.6 Å². The molecule has 4 heteroatoms. The fraction of sp³-hybridized carbons (Fsp3) is 0.455. The number of rotatable bonds is 1. The average molecular weight is 203 g/mol. The van der Waals surface area contributed by atoms with E-state index in [1.807, 2.05) is 12.3 Å². The van der Waals surface area contributed by atoms with Crippen LogP contribution in [0.25, 0.3) is 5.65 Å². The lowest BCUT2D eigenvalue weighted by Gasteiger charge is -2.04. The Kier molecular flexibility index (Phi) is 1.95. The summed E-state index contributed by atoms with van der Waals surface area (Å²) in [6, 6.07) is 4.13. The molecule has 78 valence electrons. The van der Waals surface area contributed by atoms with Gasteiger partial charge in [-0.25, -0.2) is 0 Å². The average Bonchev–Trinajstić information content (AvgIpc) is 2.82. The third kappa shape index (κ3) is 1.41. The molecule has 0 radical (unpaired) electrons. The van der Waals surface area contributed by atoms with Crippen LogP contribution in [0, 0.1) is 6.92 Å². The maximum absolute atomic E-state index is 5.37. The molecule has 1 fully saturated rings. The summed E-state index contributed by atoms with van der Waals surface area (Å²) in [6.45, 7) is 3.67. The van der Waals surface area contributed by atoms with Crippen LogP contribution in [-0.4, -0.2) is 27.8 Å². The van der Waals surface area contributed by atoms with Crippen LogP contribution in [0.5, 0.6) is 0 Å². The highest BCUT2D eigenvalue weighted by Gasteiger charge is 2.22. The first-order valence-electron chi connectivity index (χ1n) is 5.23. The molecule has 2 aromatic heterocycles. The fourth-order valence-electron chi connectivity index (χ4n) is 2.03. The van der Waals surface area contributed by atoms with E-state index in [1.165, 1.54) is 5.56 Å². The van der Waals surface area contributed by atoms with Crippen molar-refractivity contribution in [2.75, 3.05) is 13.2 Å². The molecule has 2 aromatic rings. The Hall–Kier alpha value is -1.42. The van der Waals surface area contributed by atoms with E-state index in [-0.39, 0.29) is 0 Å². The molecule has 0 aliphatic carbocycles. The third-order valence-electron chi connectivity index (χ3n) is 2.89. The summed E-state index contributed by atoms with van der Waals surface area (Å²) in [7, 11) is 0. The maximum atomic E-state index is 5.37. The van der Waals surface area contributed by atoms with Gasteiger partial charge in [0, 0.05) is 18.7 Å². The molecular weight excluding hydrogens is 190 g/mol. The van der Waals surface area contributed by atoms with Gasteiger partial charge in [-0.1, -0.05) is 0 Å². The van der Waals surface area contributed by atoms with Gasteiger partial charge in [0.15, 0.2) is 5.65 Å². The van der Waals surface area contributed by atoms with Gasteiger partial charge in [-0.2, -0.15) is 0 Å². The molecule has 0 saturated carbocycles. The largest absolute Gasteiger partial charge is 0.381 e. The molecule has 1 aliphatic rings. The molecule has 1 atom stereocenters. The zero-order valence-electron chi connectivity index (χ0n) is 8.68. The monoisotopic (exact) mass is 203 g/mol. The first kappa shape index (κ1) is 8.85. The van der Waals surface area contributed by atoms with E-state index >= 15 is 0 Å². The van der Waals surface area contributed by atoms with Gasteiger partial charge in [0.25, 0.3) is 0 Å². The standard InChI is InChI=1S/C11H13N3O/c1-8-2-4-14-10(6-8)12-13-11(14)9-3-5-15-7-9/h2,4,6,9H,3,5,7H2,1H3. The summed E-state index contributed by atoms with van der Waals surface area (Å²) in [5, 5.41) is 8.43. The van der Waals surface area contributed by atoms with E-state index in [4.69, 9.17) is 4.74 Å². The first-order chi connectivity index (χ1) is 7.34. The highest BCUT2D eigenvalue weighted by atomic mass is 16.5. The van der Waals surface area contributed by atoms with Crippen molar-refractivity contribution in [1.82, 2.24) is 14.6 Å². The Morgan fingerprint density at radius 2 is 2.40 bits per heavy atom. The van der Waals surface area contributed by atoms with Crippen LogP contribution >= 0.6 is 0 Å². The van der Waals surface area contributed by atoms with Crippen LogP contribution in [0.15, 0.2) is 18.3 Å². The predicted molar refractivity (Wildman–Crippen MR) is 55.9 cm³/mol. The van der Waals surface area contributed by atoms with Crippen molar-refractivity contribution in [3.63, 3.8) is 0 Å². The third-order valence-corrected chi connectivity index (χ3v) is 2.89. The van der Waals surface area contributed by atoms with Crippen molar-refractivity contribution in [3.8, 4) is 0 Å². The molecular formula is C11H13N3O. The van der Waals surface area contributed by atoms with Crippen LogP contribution in [0.1, 0.15) is 23.7 Å². The van der Waals surface area contributed by atoms with Crippen molar-refractivity contribution >= 4 is 5.65 Å². The van der Waals surface area contributed by atoms with Crippen LogP contribution in [-0.2, 0) is 4.74 Å². The van der Waals surface area contributed by atoms with E-state index in [0.717, 1.165) is 31.1 Å². The second kappa shape index (κ2) is 3.31. The summed E-state index contributed by atoms with van der Waals surface area (Å²) in [5.41, 5.74) is 2.14. The van der Waals surface area contributed by atoms with Crippen molar-refractivity contribution in [3.05, 3.63) is 29.7 Å². The van der Waals surface area contributed by atoms with Gasteiger partial charge in [-0.3, -0.25) is 4.40 Å². The molecule has 1 saturated heterocycles. The Morgan fingerprint density at radius 1 is 1.47 bits per heavy atom. The Bertz CT molecular complexity index is 486. The summed E-state index contributed by atoms with van der Waals surface area (Å²) >= 11 is 0. The van der Waals surface area contributed by atoms with Crippen LogP contribution < -0.4 is 0 Å². The SMILES string of the molecule is Cc1ccn2c(C3CCOC3)nnc2c1. The van der Waals surface area contributed by atoms with Gasteiger partial charge in [0.2, 0.25) is 0 Å². The summed E-state index contributed by atoms with van der Waals surface area (Å²) in [5.74, 6) is 1.44. The molecule has 3 rings (SSSR count). The molecule has 1 unspecified atom stereocenters. The summed E-state index contributed by atoms with van der Waals surface area (Å²) < 4.78 is 7.43. The lowest BCUT2D eigenvalue weighted by atomic mass is 10.1. The number of fused-ring (bicyclic) bond motifs is 1. The van der Waals surface area contributed by atoms with E-state index in [1.54, 1.807) is 0 Å². The minimum Gasteiger partial charge on any atom is -0.381 e. The molecule has 4 nitrogen and oxygen atoms in total. The first-order valence-corrected chi connectivity index (χ1v) is 5.23. The molecule has 15 heavy (non-hydrogen) atoms. The minimum absolute atomic E-state index is 0.405. The number of aryl methyl sites for hydroxylation is 1. The van der Waals surface area contributed by atoms with Gasteiger partial charge in [-0.15, -0.1) is 10.2 Å². The van der Waals surface area contributed by atoms with Gasteiger partial charge < -0.3 is 4.74 Å². The normalized spacial score (nSPS) is 21.3. The van der Waals surface area contributed by atoms with Gasteiger partial charge >= 0.3 is 0 Å². The van der Waals surface area contributed by atoms with E-state index in [9.17, 15) is 0 Å². The molecule has 0 N–H and O–H groups in total. The summed E-state index contributed by atoms with van der Waals surface area (Å²) in [6.07, 6.45) is 3.09. The highest BCUT2D eigenvalue weighted by Crippen LogP contribution is 2.24. The smallest absolute Gasteiger partial charge is 0.161 e. The van der Waals surface area contributed by atoms with Crippen molar-refractivity contribution < 1.29 is 4.74 Å². The number of hydrogen-bond donors (Lipinski definition) is 0. The number of pyridine rings is 1. The van der Waals surface area contributed by atoms with E-state index < -0.39 is 0 Å². The Morgan fingerprint density at radius 3 is 3.20 bits per heavy atom. The van der Waals surface area contributed by atoms with Gasteiger partial charge in [-0.05, 0) is 31.0 Å². The predicted octanol–water partition coefficient (Wildman–Crippen LogP) is 1.54. The zero-order valence-corrected chi connectivity index (χ0v) is 8.68. The lowest BCUT2D eigenvalue weighted by Crippen LogP contribution is -2.03. The number of nitrogens with zero attached hydrogens (tertiary/aromatic N) is 3. The van der Waals surface area contributed by atoms with Crippen molar-refractivity contribution in [2.24, 2.45) is 0 Å². The van der Waals surface area contributed by atoms with Crippen molar-refractivity contribution in [2.45, 2.75) is 19.3 Å². The highest BCUT2D eigenvalue weighted by molar-refractivity contribution is 5.41. The lowest BCUT2D eigenvalue weighted by molar-refractivity contribution is 0.193. The maximum Gasteiger partial charge on any atom is 0.161 e. The quantitative estimate of drug-likeness (QED) is 0.705. The Balaban J connectivity index is 2.11. The molecule has 3 heterocycles. The molecule has 0 amide bonds. The van der Waals surface area contributed by atoms with Crippen molar-refractivity contribution in [1.29, 1.82) is 0 Å². The van der Waals surface area contributed by atoms with E-state index in [0.29, 0.717) is 5.92 Å². The van der Waals surface area contributed by atoms with Crippen LogP contribution in [0.4, 0.5) is 0 Å². The molecule has 1 aliphatic heterocycles. The molecule has 0 bridgehead atoms. The zero-order chi connectivity index (χ0) is 10.3. The van der Waals surface area contributed by atoms with Gasteiger partial charge in [0.05, 0.1) is 6.61 Å². The fourth-order valence-corrected chi connectivity index (χ4v) is 2.03. The summed E-state index contributed by atoms with van der Waals surface area (Å²) in [4.78, 5) is 0.